The van der Waals surface area contributed by atoms with Crippen LogP contribution in [0.2, 0.25) is 0 Å². The second-order valence-electron chi connectivity index (χ2n) is 3.78. The van der Waals surface area contributed by atoms with Gasteiger partial charge in [0.05, 0.1) is 5.56 Å². The summed E-state index contributed by atoms with van der Waals surface area (Å²) in [6, 6.07) is 14.0. The molecule has 0 saturated carbocycles. The van der Waals surface area contributed by atoms with E-state index in [1.165, 1.54) is 0 Å². The second-order valence-corrected chi connectivity index (χ2v) is 4.83. The molecule has 18 heavy (non-hydrogen) atoms. The van der Waals surface area contributed by atoms with Gasteiger partial charge in [0.1, 0.15) is 11.1 Å². The Bertz CT molecular complexity index is 726. The van der Waals surface area contributed by atoms with Gasteiger partial charge in [-0.15, -0.1) is 11.3 Å². The molecule has 0 spiro atoms. The molecule has 86 valence electrons. The molecule has 0 aliphatic carbocycles. The predicted molar refractivity (Wildman–Crippen MR) is 74.1 cm³/mol. The number of hydrogen-bond donors (Lipinski definition) is 1. The van der Waals surface area contributed by atoms with Crippen molar-refractivity contribution in [1.82, 2.24) is 4.98 Å². The Balaban J connectivity index is 2.10. The van der Waals surface area contributed by atoms with E-state index in [4.69, 9.17) is 0 Å². The van der Waals surface area contributed by atoms with Crippen molar-refractivity contribution in [2.75, 3.05) is 5.32 Å². The number of nitriles is 1. The molecule has 4 heteroatoms. The van der Waals surface area contributed by atoms with E-state index in [0.29, 0.717) is 5.56 Å². The first-order chi connectivity index (χ1) is 8.88. The highest BCUT2D eigenvalue weighted by molar-refractivity contribution is 7.23. The Kier molecular flexibility index (Phi) is 2.67. The molecular weight excluding hydrogens is 242 g/mol. The minimum Gasteiger partial charge on any atom is -0.346 e. The number of fused-ring (bicyclic) bond motifs is 1. The maximum Gasteiger partial charge on any atom is 0.112 e. The minimum atomic E-state index is 0.659. The maximum absolute atomic E-state index is 9.27. The summed E-state index contributed by atoms with van der Waals surface area (Å²) < 4.78 is 1.07. The van der Waals surface area contributed by atoms with E-state index in [-0.39, 0.29) is 0 Å². The molecule has 3 nitrogen and oxygen atoms in total. The van der Waals surface area contributed by atoms with Crippen LogP contribution in [0.15, 0.2) is 48.8 Å². The molecular formula is C14H9N3S. The van der Waals surface area contributed by atoms with Crippen LogP contribution in [-0.4, -0.2) is 4.98 Å². The van der Waals surface area contributed by atoms with Crippen LogP contribution in [0.25, 0.3) is 10.1 Å². The molecule has 0 radical (unpaired) electrons. The molecule has 0 fully saturated rings. The number of rotatable bonds is 2. The number of benzene rings is 1. The van der Waals surface area contributed by atoms with Gasteiger partial charge in [0.25, 0.3) is 0 Å². The van der Waals surface area contributed by atoms with Crippen LogP contribution >= 0.6 is 11.3 Å². The summed E-state index contributed by atoms with van der Waals surface area (Å²) in [4.78, 5) is 4.07. The Labute approximate surface area is 108 Å². The molecule has 2 aromatic heterocycles. The van der Waals surface area contributed by atoms with Gasteiger partial charge >= 0.3 is 0 Å². The summed E-state index contributed by atoms with van der Waals surface area (Å²) in [7, 11) is 0. The Hall–Kier alpha value is -2.38. The molecule has 0 aliphatic heterocycles. The molecule has 0 saturated heterocycles. The monoisotopic (exact) mass is 251 g/mol. The molecule has 0 aliphatic rings. The summed E-state index contributed by atoms with van der Waals surface area (Å²) >= 11 is 1.57. The highest BCUT2D eigenvalue weighted by Gasteiger charge is 2.11. The van der Waals surface area contributed by atoms with E-state index in [9.17, 15) is 5.26 Å². The number of pyridine rings is 1. The van der Waals surface area contributed by atoms with Crippen LogP contribution in [0.4, 0.5) is 10.7 Å². The lowest BCUT2D eigenvalue weighted by molar-refractivity contribution is 1.37. The number of anilines is 2. The van der Waals surface area contributed by atoms with Gasteiger partial charge in [-0.3, -0.25) is 4.98 Å². The molecule has 2 heterocycles. The van der Waals surface area contributed by atoms with Crippen molar-refractivity contribution in [3.05, 3.63) is 54.4 Å². The van der Waals surface area contributed by atoms with Gasteiger partial charge in [-0.2, -0.15) is 5.26 Å². The molecule has 0 amide bonds. The van der Waals surface area contributed by atoms with Crippen molar-refractivity contribution in [1.29, 1.82) is 5.26 Å². The average molecular weight is 251 g/mol. The van der Waals surface area contributed by atoms with Gasteiger partial charge in [-0.1, -0.05) is 18.2 Å². The highest BCUT2D eigenvalue weighted by Crippen LogP contribution is 2.36. The van der Waals surface area contributed by atoms with Crippen LogP contribution in [0.3, 0.4) is 0 Å². The Morgan fingerprint density at radius 1 is 1.17 bits per heavy atom. The smallest absolute Gasteiger partial charge is 0.112 e. The van der Waals surface area contributed by atoms with E-state index >= 15 is 0 Å². The molecule has 1 N–H and O–H groups in total. The molecule has 0 unspecified atom stereocenters. The first-order valence-corrected chi connectivity index (χ1v) is 6.29. The van der Waals surface area contributed by atoms with Gasteiger partial charge in [-0.05, 0) is 18.2 Å². The maximum atomic E-state index is 9.27. The average Bonchev–Trinajstić information content (AvgIpc) is 2.77. The van der Waals surface area contributed by atoms with Gasteiger partial charge < -0.3 is 5.32 Å². The number of aromatic nitrogens is 1. The zero-order valence-electron chi connectivity index (χ0n) is 9.42. The fourth-order valence-corrected chi connectivity index (χ4v) is 2.83. The summed E-state index contributed by atoms with van der Waals surface area (Å²) in [6.07, 6.45) is 3.48. The SMILES string of the molecule is N#Cc1c(Nc2ccccc2)sc2ccncc12. The summed E-state index contributed by atoms with van der Waals surface area (Å²) in [5.41, 5.74) is 1.64. The molecule has 3 rings (SSSR count). The van der Waals surface area contributed by atoms with Crippen LogP contribution in [0.1, 0.15) is 5.56 Å². The van der Waals surface area contributed by atoms with E-state index < -0.39 is 0 Å². The topological polar surface area (TPSA) is 48.7 Å². The number of thiophene rings is 1. The van der Waals surface area contributed by atoms with Crippen LogP contribution in [-0.2, 0) is 0 Å². The van der Waals surface area contributed by atoms with Crippen LogP contribution in [0.5, 0.6) is 0 Å². The lowest BCUT2D eigenvalue weighted by Crippen LogP contribution is -1.88. The molecule has 0 bridgehead atoms. The van der Waals surface area contributed by atoms with Crippen molar-refractivity contribution < 1.29 is 0 Å². The van der Waals surface area contributed by atoms with E-state index in [0.717, 1.165) is 20.8 Å². The quantitative estimate of drug-likeness (QED) is 0.751. The number of para-hydroxylation sites is 1. The Morgan fingerprint density at radius 2 is 2.00 bits per heavy atom. The van der Waals surface area contributed by atoms with Gasteiger partial charge in [-0.25, -0.2) is 0 Å². The molecule has 3 aromatic rings. The first kappa shape index (κ1) is 10.8. The normalized spacial score (nSPS) is 10.2. The Morgan fingerprint density at radius 3 is 2.78 bits per heavy atom. The van der Waals surface area contributed by atoms with Crippen molar-refractivity contribution in [2.45, 2.75) is 0 Å². The third kappa shape index (κ3) is 1.81. The van der Waals surface area contributed by atoms with Crippen molar-refractivity contribution in [3.63, 3.8) is 0 Å². The van der Waals surface area contributed by atoms with Gasteiger partial charge in [0.15, 0.2) is 0 Å². The molecule has 0 atom stereocenters. The lowest BCUT2D eigenvalue weighted by Gasteiger charge is -2.02. The lowest BCUT2D eigenvalue weighted by atomic mass is 10.2. The van der Waals surface area contributed by atoms with Crippen LogP contribution in [0, 0.1) is 11.3 Å². The number of nitrogens with one attached hydrogen (secondary N) is 1. The third-order valence-electron chi connectivity index (χ3n) is 2.63. The van der Waals surface area contributed by atoms with Crippen LogP contribution < -0.4 is 5.32 Å². The predicted octanol–water partition coefficient (Wildman–Crippen LogP) is 3.91. The van der Waals surface area contributed by atoms with Crippen molar-refractivity contribution >= 4 is 32.1 Å². The van der Waals surface area contributed by atoms with Crippen molar-refractivity contribution in [2.24, 2.45) is 0 Å². The minimum absolute atomic E-state index is 0.659. The third-order valence-corrected chi connectivity index (χ3v) is 3.72. The van der Waals surface area contributed by atoms with E-state index in [2.05, 4.69) is 16.4 Å². The van der Waals surface area contributed by atoms with E-state index in [1.807, 2.05) is 36.4 Å². The largest absolute Gasteiger partial charge is 0.346 e. The van der Waals surface area contributed by atoms with Gasteiger partial charge in [0, 0.05) is 28.2 Å². The summed E-state index contributed by atoms with van der Waals surface area (Å²) in [5.74, 6) is 0. The van der Waals surface area contributed by atoms with Crippen molar-refractivity contribution in [3.8, 4) is 6.07 Å². The highest BCUT2D eigenvalue weighted by atomic mass is 32.1. The zero-order chi connectivity index (χ0) is 12.4. The number of nitrogens with zero attached hydrogens (tertiary/aromatic N) is 2. The molecule has 1 aromatic carbocycles. The zero-order valence-corrected chi connectivity index (χ0v) is 10.2. The van der Waals surface area contributed by atoms with Gasteiger partial charge in [0.2, 0.25) is 0 Å². The summed E-state index contributed by atoms with van der Waals surface area (Å²) in [6.45, 7) is 0. The fourth-order valence-electron chi connectivity index (χ4n) is 1.79. The number of hydrogen-bond acceptors (Lipinski definition) is 4. The fraction of sp³-hybridized carbons (Fsp3) is 0. The standard InChI is InChI=1S/C14H9N3S/c15-8-11-12-9-16-7-6-13(12)18-14(11)17-10-4-2-1-3-5-10/h1-7,9,17H. The summed E-state index contributed by atoms with van der Waals surface area (Å²) in [5, 5.41) is 14.3. The second kappa shape index (κ2) is 4.47. The first-order valence-electron chi connectivity index (χ1n) is 5.47. The van der Waals surface area contributed by atoms with E-state index in [1.54, 1.807) is 23.7 Å².